The maximum atomic E-state index is 12.0. The van der Waals surface area contributed by atoms with Crippen LogP contribution in [0.4, 0.5) is 5.69 Å². The molecule has 3 aromatic rings. The minimum atomic E-state index is -0.463. The minimum absolute atomic E-state index is 0.00514. The summed E-state index contributed by atoms with van der Waals surface area (Å²) in [5, 5.41) is 14.6. The van der Waals surface area contributed by atoms with Crippen LogP contribution in [0.2, 0.25) is 0 Å². The molecule has 0 saturated heterocycles. The van der Waals surface area contributed by atoms with Gasteiger partial charge in [-0.15, -0.1) is 0 Å². The molecule has 1 N–H and O–H groups in total. The molecular weight excluding hydrogens is 454 g/mol. The molecule has 154 valence electrons. The third-order valence-electron chi connectivity index (χ3n) is 4.14. The number of furan rings is 1. The summed E-state index contributed by atoms with van der Waals surface area (Å²) in [6.07, 6.45) is 1.36. The summed E-state index contributed by atoms with van der Waals surface area (Å²) in [5.74, 6) is 1.21. The summed E-state index contributed by atoms with van der Waals surface area (Å²) >= 11 is 3.42. The van der Waals surface area contributed by atoms with Gasteiger partial charge in [0.1, 0.15) is 17.3 Å². The number of rotatable bonds is 7. The predicted octanol–water partition coefficient (Wildman–Crippen LogP) is 4.76. The molecule has 2 aromatic carbocycles. The van der Waals surface area contributed by atoms with Crippen LogP contribution in [0.15, 0.2) is 62.5 Å². The summed E-state index contributed by atoms with van der Waals surface area (Å²) in [5.41, 5.74) is 4.93. The number of carbonyl (C=O) groups excluding carboxylic acids is 1. The van der Waals surface area contributed by atoms with Crippen molar-refractivity contribution in [3.63, 3.8) is 0 Å². The number of non-ortho nitro benzene ring substituents is 1. The molecular formula is C21H18BrN3O5. The average Bonchev–Trinajstić information content (AvgIpc) is 3.16. The van der Waals surface area contributed by atoms with E-state index in [9.17, 15) is 14.9 Å². The molecule has 0 radical (unpaired) electrons. The predicted molar refractivity (Wildman–Crippen MR) is 116 cm³/mol. The lowest BCUT2D eigenvalue weighted by molar-refractivity contribution is -0.384. The van der Waals surface area contributed by atoms with E-state index in [1.807, 2.05) is 26.0 Å². The average molecular weight is 472 g/mol. The number of benzene rings is 2. The molecule has 1 heterocycles. The standard InChI is InChI=1S/C21H18BrN3O5/c1-13-9-16(22)10-14(2)21(13)29-12-20(26)24-23-11-18-7-8-19(30-18)15-3-5-17(6-4-15)25(27)28/h3-11H,12H2,1-2H3,(H,24,26)/b23-11-. The van der Waals surface area contributed by atoms with Crippen LogP contribution in [0.1, 0.15) is 16.9 Å². The lowest BCUT2D eigenvalue weighted by Gasteiger charge is -2.11. The van der Waals surface area contributed by atoms with Gasteiger partial charge >= 0.3 is 0 Å². The van der Waals surface area contributed by atoms with Crippen LogP contribution in [0.5, 0.6) is 5.75 Å². The number of hydrogen-bond acceptors (Lipinski definition) is 6. The van der Waals surface area contributed by atoms with Gasteiger partial charge in [-0.3, -0.25) is 14.9 Å². The summed E-state index contributed by atoms with van der Waals surface area (Å²) in [6.45, 7) is 3.64. The van der Waals surface area contributed by atoms with Crippen LogP contribution in [-0.2, 0) is 4.79 Å². The maximum absolute atomic E-state index is 12.0. The summed E-state index contributed by atoms with van der Waals surface area (Å²) in [7, 11) is 0. The summed E-state index contributed by atoms with van der Waals surface area (Å²) in [6, 6.07) is 13.2. The molecule has 30 heavy (non-hydrogen) atoms. The van der Waals surface area contributed by atoms with Gasteiger partial charge in [-0.25, -0.2) is 5.43 Å². The number of nitro benzene ring substituents is 1. The molecule has 0 aliphatic heterocycles. The van der Waals surface area contributed by atoms with Gasteiger partial charge in [0.2, 0.25) is 0 Å². The van der Waals surface area contributed by atoms with Crippen molar-refractivity contribution in [2.75, 3.05) is 6.61 Å². The van der Waals surface area contributed by atoms with Crippen molar-refractivity contribution in [1.82, 2.24) is 5.43 Å². The zero-order valence-corrected chi connectivity index (χ0v) is 17.8. The number of aryl methyl sites for hydroxylation is 2. The SMILES string of the molecule is Cc1cc(Br)cc(C)c1OCC(=O)N/N=C\c1ccc(-c2ccc([N+](=O)[O-])cc2)o1. The summed E-state index contributed by atoms with van der Waals surface area (Å²) < 4.78 is 12.2. The van der Waals surface area contributed by atoms with E-state index in [0.29, 0.717) is 22.8 Å². The van der Waals surface area contributed by atoms with Crippen molar-refractivity contribution in [1.29, 1.82) is 0 Å². The van der Waals surface area contributed by atoms with Gasteiger partial charge in [-0.05, 0) is 61.4 Å². The van der Waals surface area contributed by atoms with Gasteiger partial charge in [0.15, 0.2) is 6.61 Å². The Morgan fingerprint density at radius 2 is 1.87 bits per heavy atom. The second-order valence-corrected chi connectivity index (χ2v) is 7.37. The van der Waals surface area contributed by atoms with Crippen molar-refractivity contribution in [2.45, 2.75) is 13.8 Å². The highest BCUT2D eigenvalue weighted by Crippen LogP contribution is 2.27. The number of nitro groups is 1. The number of nitrogens with zero attached hydrogens (tertiary/aromatic N) is 2. The zero-order valence-electron chi connectivity index (χ0n) is 16.2. The van der Waals surface area contributed by atoms with E-state index in [2.05, 4.69) is 26.5 Å². The summed E-state index contributed by atoms with van der Waals surface area (Å²) in [4.78, 5) is 22.2. The smallest absolute Gasteiger partial charge is 0.277 e. The van der Waals surface area contributed by atoms with Crippen molar-refractivity contribution >= 4 is 33.7 Å². The second kappa shape index (κ2) is 9.36. The first kappa shape index (κ1) is 21.3. The van der Waals surface area contributed by atoms with E-state index in [0.717, 1.165) is 15.6 Å². The first-order valence-electron chi connectivity index (χ1n) is 8.89. The van der Waals surface area contributed by atoms with E-state index in [1.54, 1.807) is 24.3 Å². The number of carbonyl (C=O) groups is 1. The van der Waals surface area contributed by atoms with E-state index in [1.165, 1.54) is 18.3 Å². The van der Waals surface area contributed by atoms with Crippen LogP contribution in [0, 0.1) is 24.0 Å². The van der Waals surface area contributed by atoms with Crippen molar-refractivity contribution < 1.29 is 18.9 Å². The molecule has 8 nitrogen and oxygen atoms in total. The monoisotopic (exact) mass is 471 g/mol. The highest BCUT2D eigenvalue weighted by atomic mass is 79.9. The molecule has 3 rings (SSSR count). The molecule has 0 bridgehead atoms. The number of hydrazone groups is 1. The largest absolute Gasteiger partial charge is 0.483 e. The Kier molecular flexibility index (Phi) is 6.63. The maximum Gasteiger partial charge on any atom is 0.277 e. The van der Waals surface area contributed by atoms with Gasteiger partial charge in [-0.2, -0.15) is 5.10 Å². The highest BCUT2D eigenvalue weighted by molar-refractivity contribution is 9.10. The van der Waals surface area contributed by atoms with Crippen molar-refractivity contribution in [3.8, 4) is 17.1 Å². The Morgan fingerprint density at radius 3 is 2.50 bits per heavy atom. The number of halogens is 1. The molecule has 1 amide bonds. The Morgan fingerprint density at radius 1 is 1.20 bits per heavy atom. The lowest BCUT2D eigenvalue weighted by Crippen LogP contribution is -2.25. The molecule has 0 aliphatic carbocycles. The number of ether oxygens (including phenoxy) is 1. The van der Waals surface area contributed by atoms with Gasteiger partial charge in [0.05, 0.1) is 11.1 Å². The Bertz CT molecular complexity index is 1080. The third-order valence-corrected chi connectivity index (χ3v) is 4.60. The van der Waals surface area contributed by atoms with Crippen LogP contribution in [-0.4, -0.2) is 23.7 Å². The quantitative estimate of drug-likeness (QED) is 0.303. The van der Waals surface area contributed by atoms with Gasteiger partial charge in [0.25, 0.3) is 11.6 Å². The van der Waals surface area contributed by atoms with Crippen LogP contribution >= 0.6 is 15.9 Å². The number of nitrogens with one attached hydrogen (secondary N) is 1. The molecule has 0 unspecified atom stereocenters. The van der Waals surface area contributed by atoms with Gasteiger partial charge in [0, 0.05) is 22.2 Å². The van der Waals surface area contributed by atoms with Crippen LogP contribution in [0.3, 0.4) is 0 Å². The van der Waals surface area contributed by atoms with E-state index in [-0.39, 0.29) is 12.3 Å². The Hall–Kier alpha value is -3.46. The fourth-order valence-electron chi connectivity index (χ4n) is 2.79. The lowest BCUT2D eigenvalue weighted by atomic mass is 10.1. The second-order valence-electron chi connectivity index (χ2n) is 6.46. The fraction of sp³-hybridized carbons (Fsp3) is 0.143. The Labute approximate surface area is 180 Å². The first-order valence-corrected chi connectivity index (χ1v) is 9.69. The number of hydrogen-bond donors (Lipinski definition) is 1. The molecule has 1 aromatic heterocycles. The normalized spacial score (nSPS) is 10.9. The molecule has 0 fully saturated rings. The Balaban J connectivity index is 1.54. The highest BCUT2D eigenvalue weighted by Gasteiger charge is 2.09. The molecule has 0 saturated carbocycles. The zero-order chi connectivity index (χ0) is 21.7. The van der Waals surface area contributed by atoms with Crippen LogP contribution < -0.4 is 10.2 Å². The first-order chi connectivity index (χ1) is 14.3. The van der Waals surface area contributed by atoms with Gasteiger partial charge < -0.3 is 9.15 Å². The van der Waals surface area contributed by atoms with Gasteiger partial charge in [-0.1, -0.05) is 15.9 Å². The third kappa shape index (κ3) is 5.32. The van der Waals surface area contributed by atoms with Crippen molar-refractivity contribution in [3.05, 3.63) is 80.0 Å². The molecule has 9 heteroatoms. The van der Waals surface area contributed by atoms with Crippen LogP contribution in [0.25, 0.3) is 11.3 Å². The molecule has 0 atom stereocenters. The minimum Gasteiger partial charge on any atom is -0.483 e. The van der Waals surface area contributed by atoms with E-state index >= 15 is 0 Å². The molecule has 0 spiro atoms. The fourth-order valence-corrected chi connectivity index (χ4v) is 3.47. The van der Waals surface area contributed by atoms with Crippen molar-refractivity contribution in [2.24, 2.45) is 5.10 Å². The number of amides is 1. The van der Waals surface area contributed by atoms with E-state index < -0.39 is 10.8 Å². The van der Waals surface area contributed by atoms with E-state index in [4.69, 9.17) is 9.15 Å². The molecule has 0 aliphatic rings. The topological polar surface area (TPSA) is 107 Å².